The fraction of sp³-hybridized carbons (Fsp3) is 0.314. The number of nitrogens with zero attached hydrogens (tertiary/aromatic N) is 3. The quantitative estimate of drug-likeness (QED) is 0.288. The van der Waals surface area contributed by atoms with Gasteiger partial charge < -0.3 is 19.9 Å². The number of anilines is 1. The van der Waals surface area contributed by atoms with Crippen LogP contribution in [-0.4, -0.2) is 52.6 Å². The molecule has 0 bridgehead atoms. The van der Waals surface area contributed by atoms with Crippen LogP contribution < -0.4 is 26.6 Å². The molecule has 0 aliphatic carbocycles. The highest BCUT2D eigenvalue weighted by Crippen LogP contribution is 2.38. The van der Waals surface area contributed by atoms with Gasteiger partial charge in [0, 0.05) is 57.1 Å². The van der Waals surface area contributed by atoms with Crippen LogP contribution in [0, 0.1) is 19.7 Å². The summed E-state index contributed by atoms with van der Waals surface area (Å²) >= 11 is 0. The Bertz CT molecular complexity index is 1960. The van der Waals surface area contributed by atoms with Gasteiger partial charge in [-0.1, -0.05) is 30.3 Å². The van der Waals surface area contributed by atoms with E-state index in [0.717, 1.165) is 38.8 Å². The highest BCUT2D eigenvalue weighted by atomic mass is 19.1. The number of aryl methyl sites for hydroxylation is 1. The van der Waals surface area contributed by atoms with E-state index in [0.29, 0.717) is 42.1 Å². The molecule has 1 fully saturated rings. The van der Waals surface area contributed by atoms with Crippen LogP contribution >= 0.6 is 0 Å². The zero-order valence-electron chi connectivity index (χ0n) is 26.9. The topological polar surface area (TPSA) is 115 Å². The number of carbonyl (C=O) groups is 2. The number of nitrogens with one attached hydrogen (secondary N) is 2. The van der Waals surface area contributed by atoms with Gasteiger partial charge in [-0.2, -0.15) is 0 Å². The van der Waals surface area contributed by atoms with Gasteiger partial charge >= 0.3 is 5.69 Å². The first-order chi connectivity index (χ1) is 21.9. The zero-order valence-corrected chi connectivity index (χ0v) is 26.9. The fourth-order valence-corrected chi connectivity index (χ4v) is 6.08. The summed E-state index contributed by atoms with van der Waals surface area (Å²) in [5, 5.41) is 5.78. The standard InChI is InChI=1S/C35H38FN5O5/c1-20-24(22-15-29(36)27(31(16-22)46-6)18-39(3)17-23-13-14-32(42)37-23)9-7-10-25(20)26-11-8-12-30(21(26)2)38-33(43)28-19-40(4)35(45)41(5)34(28)44/h7-12,15-16,19,23H,13-14,17-18H2,1-6H3,(H,37,42)(H,38,43)/t23-/m1/s1. The average Bonchev–Trinajstić information content (AvgIpc) is 3.43. The highest BCUT2D eigenvalue weighted by molar-refractivity contribution is 6.04. The summed E-state index contributed by atoms with van der Waals surface area (Å²) in [4.78, 5) is 51.4. The van der Waals surface area contributed by atoms with Gasteiger partial charge in [0.05, 0.1) is 7.11 Å². The number of halogens is 1. The molecule has 1 aromatic heterocycles. The van der Waals surface area contributed by atoms with Crippen LogP contribution in [0.25, 0.3) is 22.3 Å². The summed E-state index contributed by atoms with van der Waals surface area (Å²) < 4.78 is 23.4. The molecule has 11 heteroatoms. The summed E-state index contributed by atoms with van der Waals surface area (Å²) in [7, 11) is 6.23. The lowest BCUT2D eigenvalue weighted by Gasteiger charge is -2.23. The van der Waals surface area contributed by atoms with Crippen molar-refractivity contribution in [2.75, 3.05) is 26.0 Å². The van der Waals surface area contributed by atoms with Crippen molar-refractivity contribution in [2.45, 2.75) is 39.3 Å². The van der Waals surface area contributed by atoms with Crippen LogP contribution in [0.15, 0.2) is 64.3 Å². The summed E-state index contributed by atoms with van der Waals surface area (Å²) in [5.41, 5.74) is 4.53. The molecule has 1 atom stereocenters. The summed E-state index contributed by atoms with van der Waals surface area (Å²) in [6.45, 7) is 4.77. The van der Waals surface area contributed by atoms with Crippen LogP contribution in [0.3, 0.4) is 0 Å². The van der Waals surface area contributed by atoms with Gasteiger partial charge in [-0.15, -0.1) is 0 Å². The number of hydrogen-bond acceptors (Lipinski definition) is 6. The lowest BCUT2D eigenvalue weighted by molar-refractivity contribution is -0.119. The molecule has 1 aliphatic rings. The van der Waals surface area contributed by atoms with E-state index in [1.165, 1.54) is 38.0 Å². The maximum absolute atomic E-state index is 15.7. The minimum atomic E-state index is -0.680. The molecule has 2 amide bonds. The zero-order chi connectivity index (χ0) is 33.3. The van der Waals surface area contributed by atoms with Crippen LogP contribution in [0.4, 0.5) is 10.1 Å². The second kappa shape index (κ2) is 13.1. The van der Waals surface area contributed by atoms with E-state index in [-0.39, 0.29) is 23.3 Å². The molecule has 3 aromatic carbocycles. The third-order valence-corrected chi connectivity index (χ3v) is 8.63. The van der Waals surface area contributed by atoms with E-state index >= 15 is 4.39 Å². The van der Waals surface area contributed by atoms with E-state index in [4.69, 9.17) is 4.74 Å². The molecule has 46 heavy (non-hydrogen) atoms. The van der Waals surface area contributed by atoms with Crippen molar-refractivity contribution < 1.29 is 18.7 Å². The number of benzene rings is 3. The lowest BCUT2D eigenvalue weighted by Crippen LogP contribution is -2.40. The maximum Gasteiger partial charge on any atom is 0.330 e. The molecule has 1 aliphatic heterocycles. The van der Waals surface area contributed by atoms with E-state index in [1.807, 2.05) is 62.2 Å². The lowest BCUT2D eigenvalue weighted by atomic mass is 9.90. The maximum atomic E-state index is 15.7. The van der Waals surface area contributed by atoms with Gasteiger partial charge in [0.25, 0.3) is 11.5 Å². The van der Waals surface area contributed by atoms with Gasteiger partial charge in [0.2, 0.25) is 5.91 Å². The van der Waals surface area contributed by atoms with Crippen LogP contribution in [0.1, 0.15) is 39.9 Å². The minimum absolute atomic E-state index is 0.0455. The van der Waals surface area contributed by atoms with Gasteiger partial charge in [0.15, 0.2) is 0 Å². The second-order valence-electron chi connectivity index (χ2n) is 11.8. The molecule has 2 heterocycles. The smallest absolute Gasteiger partial charge is 0.330 e. The molecule has 0 unspecified atom stereocenters. The molecule has 5 rings (SSSR count). The van der Waals surface area contributed by atoms with Crippen molar-refractivity contribution >= 4 is 17.5 Å². The number of hydrogen-bond donors (Lipinski definition) is 2. The average molecular weight is 628 g/mol. The predicted octanol–water partition coefficient (Wildman–Crippen LogP) is 4.15. The van der Waals surface area contributed by atoms with E-state index in [9.17, 15) is 19.2 Å². The SMILES string of the molecule is COc1cc(-c2cccc(-c3cccc(NC(=O)c4cn(C)c(=O)n(C)c4=O)c3C)c2C)cc(F)c1CN(C)C[C@H]1CCC(=O)N1. The van der Waals surface area contributed by atoms with Crippen molar-refractivity contribution in [2.24, 2.45) is 14.1 Å². The number of methoxy groups -OCH3 is 1. The Hall–Kier alpha value is -5.03. The fourth-order valence-electron chi connectivity index (χ4n) is 6.08. The highest BCUT2D eigenvalue weighted by Gasteiger charge is 2.24. The summed E-state index contributed by atoms with van der Waals surface area (Å²) in [6.07, 6.45) is 2.51. The third-order valence-electron chi connectivity index (χ3n) is 8.63. The van der Waals surface area contributed by atoms with Gasteiger partial charge in [-0.05, 0) is 78.9 Å². The molecular formula is C35H38FN5O5. The molecule has 0 spiro atoms. The summed E-state index contributed by atoms with van der Waals surface area (Å²) in [6, 6.07) is 14.7. The molecule has 1 saturated heterocycles. The Morgan fingerprint density at radius 3 is 2.39 bits per heavy atom. The van der Waals surface area contributed by atoms with Crippen molar-refractivity contribution in [1.29, 1.82) is 0 Å². The second-order valence-corrected chi connectivity index (χ2v) is 11.8. The number of carbonyl (C=O) groups excluding carboxylic acids is 2. The number of ether oxygens (including phenoxy) is 1. The van der Waals surface area contributed by atoms with E-state index < -0.39 is 17.2 Å². The Kier molecular flexibility index (Phi) is 9.24. The van der Waals surface area contributed by atoms with E-state index in [2.05, 4.69) is 10.6 Å². The van der Waals surface area contributed by atoms with Crippen LogP contribution in [0.5, 0.6) is 5.75 Å². The molecule has 2 N–H and O–H groups in total. The number of amides is 2. The first-order valence-corrected chi connectivity index (χ1v) is 15.0. The Morgan fingerprint density at radius 1 is 1.04 bits per heavy atom. The minimum Gasteiger partial charge on any atom is -0.496 e. The Morgan fingerprint density at radius 2 is 1.72 bits per heavy atom. The normalized spacial score (nSPS) is 14.4. The molecular weight excluding hydrogens is 589 g/mol. The van der Waals surface area contributed by atoms with Crippen LogP contribution in [0.2, 0.25) is 0 Å². The Labute approximate surface area is 266 Å². The first-order valence-electron chi connectivity index (χ1n) is 15.0. The van der Waals surface area contributed by atoms with Crippen molar-refractivity contribution in [3.8, 4) is 28.0 Å². The number of likely N-dealkylation sites (N-methyl/N-ethyl adjacent to an activating group) is 1. The van der Waals surface area contributed by atoms with Crippen molar-refractivity contribution in [1.82, 2.24) is 19.4 Å². The number of rotatable bonds is 9. The molecule has 0 radical (unpaired) electrons. The van der Waals surface area contributed by atoms with Gasteiger partial charge in [-0.25, -0.2) is 9.18 Å². The first kappa shape index (κ1) is 32.4. The van der Waals surface area contributed by atoms with Gasteiger partial charge in [0.1, 0.15) is 17.1 Å². The van der Waals surface area contributed by atoms with Crippen molar-refractivity contribution in [3.63, 3.8) is 0 Å². The molecule has 10 nitrogen and oxygen atoms in total. The largest absolute Gasteiger partial charge is 0.496 e. The van der Waals surface area contributed by atoms with Crippen molar-refractivity contribution in [3.05, 3.63) is 104 Å². The molecule has 0 saturated carbocycles. The van der Waals surface area contributed by atoms with Gasteiger partial charge in [-0.3, -0.25) is 23.9 Å². The third kappa shape index (κ3) is 6.36. The summed E-state index contributed by atoms with van der Waals surface area (Å²) in [5.74, 6) is -0.521. The van der Waals surface area contributed by atoms with E-state index in [1.54, 1.807) is 6.07 Å². The Balaban J connectivity index is 1.44. The molecule has 240 valence electrons. The monoisotopic (exact) mass is 627 g/mol. The number of aromatic nitrogens is 2. The van der Waals surface area contributed by atoms with Crippen LogP contribution in [-0.2, 0) is 25.4 Å². The molecule has 4 aromatic rings. The predicted molar refractivity (Wildman–Crippen MR) is 176 cm³/mol.